The van der Waals surface area contributed by atoms with E-state index in [0.29, 0.717) is 22.7 Å². The van der Waals surface area contributed by atoms with E-state index in [1.807, 2.05) is 12.1 Å². The van der Waals surface area contributed by atoms with Crippen LogP contribution in [-0.4, -0.2) is 27.0 Å². The lowest BCUT2D eigenvalue weighted by atomic mass is 10.1. The van der Waals surface area contributed by atoms with Crippen LogP contribution in [-0.2, 0) is 5.75 Å². The van der Waals surface area contributed by atoms with Crippen molar-refractivity contribution in [1.82, 2.24) is 15.2 Å². The molecule has 2 aromatic carbocycles. The van der Waals surface area contributed by atoms with Crippen molar-refractivity contribution in [3.63, 3.8) is 0 Å². The van der Waals surface area contributed by atoms with Gasteiger partial charge in [-0.05, 0) is 48.0 Å². The summed E-state index contributed by atoms with van der Waals surface area (Å²) in [4.78, 5) is 28.7. The molecule has 150 valence electrons. The maximum Gasteiger partial charge on any atom is 0.291 e. The van der Waals surface area contributed by atoms with Gasteiger partial charge in [-0.15, -0.1) is 0 Å². The number of hydrogen-bond donors (Lipinski definition) is 3. The first-order valence-corrected chi connectivity index (χ1v) is 9.99. The molecule has 0 radical (unpaired) electrons. The number of hydrogen-bond acceptors (Lipinski definition) is 6. The van der Waals surface area contributed by atoms with Crippen LogP contribution in [0.15, 0.2) is 82.8 Å². The Morgan fingerprint density at radius 3 is 2.40 bits per heavy atom. The van der Waals surface area contributed by atoms with E-state index in [2.05, 4.69) is 25.8 Å². The molecule has 0 aliphatic rings. The molecule has 0 saturated carbocycles. The molecule has 8 nitrogen and oxygen atoms in total. The van der Waals surface area contributed by atoms with Gasteiger partial charge in [-0.3, -0.25) is 14.7 Å². The average molecular weight is 419 g/mol. The molecule has 0 bridgehead atoms. The Morgan fingerprint density at radius 1 is 0.967 bits per heavy atom. The average Bonchev–Trinajstić information content (AvgIpc) is 3.47. The van der Waals surface area contributed by atoms with E-state index in [-0.39, 0.29) is 17.6 Å². The fourth-order valence-electron chi connectivity index (χ4n) is 2.65. The molecule has 2 heterocycles. The molecule has 0 unspecified atom stereocenters. The number of carbonyl (C=O) groups is 2. The molecule has 0 atom stereocenters. The molecule has 2 amide bonds. The third-order valence-corrected chi connectivity index (χ3v) is 5.06. The molecule has 4 aromatic rings. The van der Waals surface area contributed by atoms with Crippen LogP contribution < -0.4 is 10.6 Å². The van der Waals surface area contributed by atoms with Gasteiger partial charge in [0, 0.05) is 22.7 Å². The summed E-state index contributed by atoms with van der Waals surface area (Å²) in [5.41, 5.74) is 2.72. The zero-order valence-corrected chi connectivity index (χ0v) is 16.5. The lowest BCUT2D eigenvalue weighted by Gasteiger charge is -2.09. The van der Waals surface area contributed by atoms with Crippen molar-refractivity contribution in [2.45, 2.75) is 10.9 Å². The molecule has 0 saturated heterocycles. The number of benzene rings is 2. The number of carbonyl (C=O) groups excluding carboxylic acids is 2. The fourth-order valence-corrected chi connectivity index (χ4v) is 3.38. The number of thioether (sulfide) groups is 1. The van der Waals surface area contributed by atoms with Gasteiger partial charge in [0.25, 0.3) is 11.8 Å². The van der Waals surface area contributed by atoms with E-state index in [1.54, 1.807) is 48.5 Å². The van der Waals surface area contributed by atoms with Gasteiger partial charge in [-0.1, -0.05) is 30.0 Å². The SMILES string of the molecule is O=C(Nc1cccc(NC(=O)c2ccco2)c1)c1ccc(CSc2ncn[nH]2)cc1. The standard InChI is InChI=1S/C21H17N5O3S/c27-19(15-8-6-14(7-9-15)12-30-21-22-13-23-26-21)24-16-3-1-4-17(11-16)25-20(28)18-5-2-10-29-18/h1-11,13H,12H2,(H,24,27)(H,25,28)(H,22,23,26). The smallest absolute Gasteiger partial charge is 0.291 e. The molecule has 0 fully saturated rings. The van der Waals surface area contributed by atoms with Gasteiger partial charge in [0.05, 0.1) is 6.26 Å². The van der Waals surface area contributed by atoms with Gasteiger partial charge >= 0.3 is 0 Å². The third-order valence-electron chi connectivity index (χ3n) is 4.11. The second kappa shape index (κ2) is 9.10. The van der Waals surface area contributed by atoms with Gasteiger partial charge in [0.1, 0.15) is 6.33 Å². The topological polar surface area (TPSA) is 113 Å². The van der Waals surface area contributed by atoms with E-state index in [1.165, 1.54) is 24.4 Å². The summed E-state index contributed by atoms with van der Waals surface area (Å²) in [7, 11) is 0. The quantitative estimate of drug-likeness (QED) is 0.387. The van der Waals surface area contributed by atoms with Crippen LogP contribution in [0, 0.1) is 0 Å². The zero-order valence-electron chi connectivity index (χ0n) is 15.7. The Bertz CT molecular complexity index is 1130. The lowest BCUT2D eigenvalue weighted by molar-refractivity contribution is 0.0995. The van der Waals surface area contributed by atoms with Crippen molar-refractivity contribution in [2.75, 3.05) is 10.6 Å². The highest BCUT2D eigenvalue weighted by Gasteiger charge is 2.10. The summed E-state index contributed by atoms with van der Waals surface area (Å²) in [6, 6.07) is 17.5. The van der Waals surface area contributed by atoms with Crippen LogP contribution in [0.2, 0.25) is 0 Å². The number of anilines is 2. The molecular weight excluding hydrogens is 402 g/mol. The summed E-state index contributed by atoms with van der Waals surface area (Å²) in [5.74, 6) is 0.335. The van der Waals surface area contributed by atoms with Gasteiger partial charge in [0.2, 0.25) is 0 Å². The van der Waals surface area contributed by atoms with Crippen molar-refractivity contribution >= 4 is 35.0 Å². The lowest BCUT2D eigenvalue weighted by Crippen LogP contribution is -2.13. The number of aromatic amines is 1. The molecule has 4 rings (SSSR count). The maximum absolute atomic E-state index is 12.5. The summed E-state index contributed by atoms with van der Waals surface area (Å²) >= 11 is 1.53. The first-order chi connectivity index (χ1) is 14.7. The minimum Gasteiger partial charge on any atom is -0.459 e. The largest absolute Gasteiger partial charge is 0.459 e. The Hall–Kier alpha value is -3.85. The molecule has 0 aliphatic carbocycles. The summed E-state index contributed by atoms with van der Waals surface area (Å²) < 4.78 is 5.08. The second-order valence-electron chi connectivity index (χ2n) is 6.24. The number of rotatable bonds is 7. The van der Waals surface area contributed by atoms with Crippen molar-refractivity contribution in [2.24, 2.45) is 0 Å². The molecule has 2 aromatic heterocycles. The van der Waals surface area contributed by atoms with Gasteiger partial charge < -0.3 is 15.1 Å². The normalized spacial score (nSPS) is 10.5. The Kier molecular flexibility index (Phi) is 5.90. The summed E-state index contributed by atoms with van der Waals surface area (Å²) in [6.07, 6.45) is 2.90. The van der Waals surface area contributed by atoms with Crippen molar-refractivity contribution in [3.8, 4) is 0 Å². The van der Waals surface area contributed by atoms with Crippen molar-refractivity contribution in [1.29, 1.82) is 0 Å². The number of aromatic nitrogens is 3. The first-order valence-electron chi connectivity index (χ1n) is 9.01. The van der Waals surface area contributed by atoms with E-state index < -0.39 is 0 Å². The van der Waals surface area contributed by atoms with Crippen LogP contribution in [0.25, 0.3) is 0 Å². The maximum atomic E-state index is 12.5. The van der Waals surface area contributed by atoms with Crippen LogP contribution in [0.1, 0.15) is 26.5 Å². The highest BCUT2D eigenvalue weighted by molar-refractivity contribution is 7.98. The summed E-state index contributed by atoms with van der Waals surface area (Å²) in [6.45, 7) is 0. The first kappa shape index (κ1) is 19.5. The highest BCUT2D eigenvalue weighted by atomic mass is 32.2. The minimum absolute atomic E-state index is 0.214. The Labute approximate surface area is 176 Å². The van der Waals surface area contributed by atoms with Crippen LogP contribution >= 0.6 is 11.8 Å². The predicted octanol–water partition coefficient (Wildman–Crippen LogP) is 4.19. The molecule has 30 heavy (non-hydrogen) atoms. The Morgan fingerprint density at radius 2 is 1.73 bits per heavy atom. The summed E-state index contributed by atoms with van der Waals surface area (Å²) in [5, 5.41) is 12.9. The predicted molar refractivity (Wildman–Crippen MR) is 113 cm³/mol. The zero-order chi connectivity index (χ0) is 20.8. The fraction of sp³-hybridized carbons (Fsp3) is 0.0476. The molecule has 0 spiro atoms. The molecule has 0 aliphatic heterocycles. The van der Waals surface area contributed by atoms with Crippen LogP contribution in [0.5, 0.6) is 0 Å². The minimum atomic E-state index is -0.359. The molecular formula is C21H17N5O3S. The number of nitrogens with one attached hydrogen (secondary N) is 3. The van der Waals surface area contributed by atoms with E-state index in [9.17, 15) is 9.59 Å². The number of H-pyrrole nitrogens is 1. The number of nitrogens with zero attached hydrogens (tertiary/aromatic N) is 2. The van der Waals surface area contributed by atoms with E-state index >= 15 is 0 Å². The number of furan rings is 1. The van der Waals surface area contributed by atoms with Crippen molar-refractivity contribution < 1.29 is 14.0 Å². The van der Waals surface area contributed by atoms with Crippen LogP contribution in [0.4, 0.5) is 11.4 Å². The van der Waals surface area contributed by atoms with Gasteiger partial charge in [0.15, 0.2) is 10.9 Å². The molecule has 9 heteroatoms. The monoisotopic (exact) mass is 419 g/mol. The third kappa shape index (κ3) is 4.95. The highest BCUT2D eigenvalue weighted by Crippen LogP contribution is 2.20. The molecule has 3 N–H and O–H groups in total. The van der Waals surface area contributed by atoms with E-state index in [4.69, 9.17) is 4.42 Å². The van der Waals surface area contributed by atoms with Gasteiger partial charge in [-0.25, -0.2) is 4.98 Å². The number of amides is 2. The van der Waals surface area contributed by atoms with Crippen molar-refractivity contribution in [3.05, 3.63) is 90.1 Å². The second-order valence-corrected chi connectivity index (χ2v) is 7.21. The van der Waals surface area contributed by atoms with Crippen LogP contribution in [0.3, 0.4) is 0 Å². The Balaban J connectivity index is 1.35. The van der Waals surface area contributed by atoms with E-state index in [0.717, 1.165) is 10.7 Å². The van der Waals surface area contributed by atoms with Gasteiger partial charge in [-0.2, -0.15) is 5.10 Å².